The topological polar surface area (TPSA) is 21.3 Å². The lowest BCUT2D eigenvalue weighted by atomic mass is 10.2. The van der Waals surface area contributed by atoms with E-state index in [4.69, 9.17) is 4.74 Å². The molecule has 0 aromatic heterocycles. The molecule has 1 N–H and O–H groups in total. The molecule has 1 aromatic carbocycles. The largest absolute Gasteiger partial charge is 0.494 e. The van der Waals surface area contributed by atoms with E-state index in [0.29, 0.717) is 0 Å². The van der Waals surface area contributed by atoms with Crippen LogP contribution in [0.15, 0.2) is 24.3 Å². The van der Waals surface area contributed by atoms with Gasteiger partial charge in [-0.15, -0.1) is 0 Å². The van der Waals surface area contributed by atoms with Crippen LogP contribution in [0.3, 0.4) is 0 Å². The number of ether oxygens (including phenoxy) is 1. The van der Waals surface area contributed by atoms with Crippen molar-refractivity contribution in [3.63, 3.8) is 0 Å². The molecule has 118 valence electrons. The molecule has 0 atom stereocenters. The van der Waals surface area contributed by atoms with Crippen molar-refractivity contribution in [1.82, 2.24) is 5.32 Å². The highest BCUT2D eigenvalue weighted by Gasteiger charge is 1.94. The Bertz CT molecular complexity index is 269. The van der Waals surface area contributed by atoms with Crippen LogP contribution in [-0.2, 0) is 6.54 Å². The summed E-state index contributed by atoms with van der Waals surface area (Å²) in [6.07, 6.45) is 3.87. The Labute approximate surface area is 126 Å². The third-order valence-electron chi connectivity index (χ3n) is 2.52. The third-order valence-corrected chi connectivity index (χ3v) is 2.52. The average Bonchev–Trinajstić information content (AvgIpc) is 2.53. The molecule has 0 heterocycles. The molecule has 0 saturated heterocycles. The SMILES string of the molecule is CC.CC.CCCCCNCc1ccc(OCC)cc1. The minimum Gasteiger partial charge on any atom is -0.494 e. The van der Waals surface area contributed by atoms with E-state index < -0.39 is 0 Å². The van der Waals surface area contributed by atoms with Crippen LogP contribution in [0.2, 0.25) is 0 Å². The van der Waals surface area contributed by atoms with Gasteiger partial charge in [-0.1, -0.05) is 59.6 Å². The normalized spacial score (nSPS) is 8.90. The van der Waals surface area contributed by atoms with Crippen molar-refractivity contribution < 1.29 is 4.74 Å². The van der Waals surface area contributed by atoms with Gasteiger partial charge in [0.15, 0.2) is 0 Å². The number of nitrogens with one attached hydrogen (secondary N) is 1. The van der Waals surface area contributed by atoms with Crippen molar-refractivity contribution >= 4 is 0 Å². The lowest BCUT2D eigenvalue weighted by Gasteiger charge is -2.06. The molecule has 1 rings (SSSR count). The van der Waals surface area contributed by atoms with E-state index in [1.54, 1.807) is 0 Å². The highest BCUT2D eigenvalue weighted by Crippen LogP contribution is 2.11. The van der Waals surface area contributed by atoms with Gasteiger partial charge in [-0.2, -0.15) is 0 Å². The standard InChI is InChI=1S/C14H23NO.2C2H6/c1-3-5-6-11-15-12-13-7-9-14(10-8-13)16-4-2;2*1-2/h7-10,15H,3-6,11-12H2,1-2H3;2*1-2H3. The van der Waals surface area contributed by atoms with E-state index in [0.717, 1.165) is 25.4 Å². The predicted octanol–water partition coefficient (Wildman–Crippen LogP) is 5.42. The lowest BCUT2D eigenvalue weighted by molar-refractivity contribution is 0.340. The molecule has 0 aliphatic carbocycles. The van der Waals surface area contributed by atoms with E-state index in [1.807, 2.05) is 46.8 Å². The van der Waals surface area contributed by atoms with Crippen LogP contribution >= 0.6 is 0 Å². The molecule has 2 nitrogen and oxygen atoms in total. The van der Waals surface area contributed by atoms with Crippen molar-refractivity contribution in [3.05, 3.63) is 29.8 Å². The van der Waals surface area contributed by atoms with Crippen molar-refractivity contribution in [2.45, 2.75) is 67.3 Å². The minimum atomic E-state index is 0.731. The zero-order chi connectivity index (χ0) is 15.6. The molecule has 0 fully saturated rings. The summed E-state index contributed by atoms with van der Waals surface area (Å²) in [6.45, 7) is 15.0. The molecule has 0 radical (unpaired) electrons. The van der Waals surface area contributed by atoms with Gasteiger partial charge in [0.2, 0.25) is 0 Å². The zero-order valence-corrected chi connectivity index (χ0v) is 14.5. The van der Waals surface area contributed by atoms with Crippen LogP contribution in [0.4, 0.5) is 0 Å². The highest BCUT2D eigenvalue weighted by molar-refractivity contribution is 5.27. The van der Waals surface area contributed by atoms with Gasteiger partial charge in [-0.3, -0.25) is 0 Å². The first-order valence-electron chi connectivity index (χ1n) is 8.29. The van der Waals surface area contributed by atoms with Crippen LogP contribution in [0.5, 0.6) is 5.75 Å². The van der Waals surface area contributed by atoms with Crippen molar-refractivity contribution in [2.75, 3.05) is 13.2 Å². The summed E-state index contributed by atoms with van der Waals surface area (Å²) in [5.41, 5.74) is 1.32. The second kappa shape index (κ2) is 18.0. The molecule has 20 heavy (non-hydrogen) atoms. The third kappa shape index (κ3) is 12.0. The van der Waals surface area contributed by atoms with Gasteiger partial charge in [0.1, 0.15) is 5.75 Å². The van der Waals surface area contributed by atoms with Crippen LogP contribution in [0, 0.1) is 0 Å². The molecule has 0 aliphatic heterocycles. The monoisotopic (exact) mass is 281 g/mol. The van der Waals surface area contributed by atoms with Crippen LogP contribution < -0.4 is 10.1 Å². The second-order valence-corrected chi connectivity index (χ2v) is 3.96. The van der Waals surface area contributed by atoms with Crippen LogP contribution in [0.1, 0.15) is 66.4 Å². The highest BCUT2D eigenvalue weighted by atomic mass is 16.5. The molecule has 2 heteroatoms. The van der Waals surface area contributed by atoms with Crippen LogP contribution in [-0.4, -0.2) is 13.2 Å². The van der Waals surface area contributed by atoms with E-state index in [1.165, 1.54) is 24.8 Å². The van der Waals surface area contributed by atoms with E-state index >= 15 is 0 Å². The smallest absolute Gasteiger partial charge is 0.119 e. The lowest BCUT2D eigenvalue weighted by Crippen LogP contribution is -2.14. The van der Waals surface area contributed by atoms with Gasteiger partial charge in [0.25, 0.3) is 0 Å². The first-order chi connectivity index (χ1) is 9.86. The second-order valence-electron chi connectivity index (χ2n) is 3.96. The Balaban J connectivity index is 0. The molecule has 0 unspecified atom stereocenters. The summed E-state index contributed by atoms with van der Waals surface area (Å²) in [5, 5.41) is 3.45. The van der Waals surface area contributed by atoms with Gasteiger partial charge in [0.05, 0.1) is 6.61 Å². The van der Waals surface area contributed by atoms with Crippen molar-refractivity contribution in [2.24, 2.45) is 0 Å². The summed E-state index contributed by atoms with van der Waals surface area (Å²) in [6, 6.07) is 8.31. The van der Waals surface area contributed by atoms with E-state index in [9.17, 15) is 0 Å². The fourth-order valence-electron chi connectivity index (χ4n) is 1.60. The van der Waals surface area contributed by atoms with Gasteiger partial charge in [0, 0.05) is 6.54 Å². The number of benzene rings is 1. The quantitative estimate of drug-likeness (QED) is 0.643. The zero-order valence-electron chi connectivity index (χ0n) is 14.5. The molecular weight excluding hydrogens is 246 g/mol. The maximum Gasteiger partial charge on any atom is 0.119 e. The summed E-state index contributed by atoms with van der Waals surface area (Å²) < 4.78 is 5.40. The predicted molar refractivity (Wildman–Crippen MR) is 91.5 cm³/mol. The average molecular weight is 281 g/mol. The fraction of sp³-hybridized carbons (Fsp3) is 0.667. The Morgan fingerprint density at radius 2 is 1.50 bits per heavy atom. The molecule has 0 bridgehead atoms. The molecule has 0 spiro atoms. The number of hydrogen-bond acceptors (Lipinski definition) is 2. The summed E-state index contributed by atoms with van der Waals surface area (Å²) >= 11 is 0. The van der Waals surface area contributed by atoms with Gasteiger partial charge in [-0.25, -0.2) is 0 Å². The molecule has 0 saturated carbocycles. The Kier molecular flexibility index (Phi) is 19.1. The molecular formula is C18H35NO. The first kappa shape index (κ1) is 21.3. The van der Waals surface area contributed by atoms with Crippen molar-refractivity contribution in [1.29, 1.82) is 0 Å². The molecule has 1 aromatic rings. The minimum absolute atomic E-state index is 0.731. The Morgan fingerprint density at radius 1 is 0.900 bits per heavy atom. The Morgan fingerprint density at radius 3 is 2.00 bits per heavy atom. The molecule has 0 amide bonds. The number of rotatable bonds is 8. The van der Waals surface area contributed by atoms with Gasteiger partial charge >= 0.3 is 0 Å². The van der Waals surface area contributed by atoms with E-state index in [2.05, 4.69) is 24.4 Å². The number of hydrogen-bond donors (Lipinski definition) is 1. The summed E-state index contributed by atoms with van der Waals surface area (Å²) in [4.78, 5) is 0. The summed E-state index contributed by atoms with van der Waals surface area (Å²) in [5.74, 6) is 0.956. The van der Waals surface area contributed by atoms with Gasteiger partial charge < -0.3 is 10.1 Å². The van der Waals surface area contributed by atoms with Gasteiger partial charge in [-0.05, 0) is 37.6 Å². The molecule has 0 aliphatic rings. The first-order valence-corrected chi connectivity index (χ1v) is 8.29. The van der Waals surface area contributed by atoms with Crippen molar-refractivity contribution in [3.8, 4) is 5.75 Å². The maximum absolute atomic E-state index is 5.40. The van der Waals surface area contributed by atoms with Crippen LogP contribution in [0.25, 0.3) is 0 Å². The fourth-order valence-corrected chi connectivity index (χ4v) is 1.60. The maximum atomic E-state index is 5.40. The Hall–Kier alpha value is -1.02. The van der Waals surface area contributed by atoms with E-state index in [-0.39, 0.29) is 0 Å². The number of unbranched alkanes of at least 4 members (excludes halogenated alkanes) is 2. The summed E-state index contributed by atoms with van der Waals surface area (Å²) in [7, 11) is 0.